The Morgan fingerprint density at radius 2 is 1.88 bits per heavy atom. The average molecular weight is 568 g/mol. The number of ketones is 1. The van der Waals surface area contributed by atoms with Gasteiger partial charge < -0.3 is 4.74 Å². The third-order valence-electron chi connectivity index (χ3n) is 8.28. The number of cyclic esters (lactones) is 1. The highest BCUT2D eigenvalue weighted by Gasteiger charge is 2.51. The van der Waals surface area contributed by atoms with E-state index in [4.69, 9.17) is 4.74 Å². The summed E-state index contributed by atoms with van der Waals surface area (Å²) in [4.78, 5) is 35.9. The highest BCUT2D eigenvalue weighted by atomic mass is 32.2. The van der Waals surface area contributed by atoms with Crippen molar-refractivity contribution in [2.75, 3.05) is 11.0 Å². The Hall–Kier alpha value is -3.34. The van der Waals surface area contributed by atoms with Crippen LogP contribution in [0.5, 0.6) is 0 Å². The first-order chi connectivity index (χ1) is 19.0. The maximum atomic E-state index is 13.6. The summed E-state index contributed by atoms with van der Waals surface area (Å²) in [6.07, 6.45) is 7.22. The number of anilines is 1. The van der Waals surface area contributed by atoms with Gasteiger partial charge >= 0.3 is 5.97 Å². The largest absolute Gasteiger partial charge is 0.458 e. The van der Waals surface area contributed by atoms with E-state index < -0.39 is 27.5 Å². The Kier molecular flexibility index (Phi) is 7.69. The highest BCUT2D eigenvalue weighted by molar-refractivity contribution is 7.92. The van der Waals surface area contributed by atoms with Gasteiger partial charge in [0.25, 0.3) is 5.78 Å². The van der Waals surface area contributed by atoms with Crippen molar-refractivity contribution < 1.29 is 22.7 Å². The molecule has 2 fully saturated rings. The van der Waals surface area contributed by atoms with Crippen LogP contribution in [0, 0.1) is 25.7 Å². The third-order valence-corrected chi connectivity index (χ3v) is 8.87. The molecule has 1 saturated carbocycles. The summed E-state index contributed by atoms with van der Waals surface area (Å²) in [6.45, 7) is 5.77. The number of aromatic nitrogens is 4. The van der Waals surface area contributed by atoms with Crippen LogP contribution in [0.3, 0.4) is 0 Å². The van der Waals surface area contributed by atoms with Crippen molar-refractivity contribution in [3.8, 4) is 0 Å². The zero-order chi connectivity index (χ0) is 28.7. The summed E-state index contributed by atoms with van der Waals surface area (Å²) in [7, 11) is -3.38. The Bertz CT molecular complexity index is 1540. The van der Waals surface area contributed by atoms with Crippen LogP contribution in [-0.2, 0) is 43.6 Å². The molecule has 1 saturated heterocycles. The molecular weight excluding hydrogens is 530 g/mol. The molecule has 0 spiro atoms. The van der Waals surface area contributed by atoms with Crippen molar-refractivity contribution in [1.82, 2.24) is 19.6 Å². The second kappa shape index (κ2) is 10.9. The second-order valence-corrected chi connectivity index (χ2v) is 13.1. The van der Waals surface area contributed by atoms with Gasteiger partial charge in [-0.25, -0.2) is 17.9 Å². The molecule has 1 aliphatic carbocycles. The fourth-order valence-electron chi connectivity index (χ4n) is 6.30. The predicted octanol–water partition coefficient (Wildman–Crippen LogP) is 3.91. The molecule has 10 nitrogen and oxygen atoms in total. The van der Waals surface area contributed by atoms with E-state index >= 15 is 0 Å². The van der Waals surface area contributed by atoms with Crippen molar-refractivity contribution in [3.05, 3.63) is 52.6 Å². The second-order valence-electron chi connectivity index (χ2n) is 11.4. The van der Waals surface area contributed by atoms with Gasteiger partial charge in [-0.2, -0.15) is 4.98 Å². The molecule has 3 heterocycles. The van der Waals surface area contributed by atoms with E-state index in [1.807, 2.05) is 39.0 Å². The van der Waals surface area contributed by atoms with E-state index in [1.165, 1.54) is 0 Å². The van der Waals surface area contributed by atoms with Crippen molar-refractivity contribution in [3.63, 3.8) is 0 Å². The van der Waals surface area contributed by atoms with E-state index in [0.29, 0.717) is 36.6 Å². The van der Waals surface area contributed by atoms with Gasteiger partial charge in [0.2, 0.25) is 10.0 Å². The quantitative estimate of drug-likeness (QED) is 0.304. The van der Waals surface area contributed by atoms with Crippen LogP contribution in [0.15, 0.2) is 24.3 Å². The molecule has 0 bridgehead atoms. The molecule has 5 rings (SSSR count). The number of ether oxygens (including phenoxy) is 1. The molecule has 2 aliphatic rings. The molecular formula is C29H37N5O5S. The first-order valence-corrected chi connectivity index (χ1v) is 15.9. The smallest absolute Gasteiger partial charge is 0.317 e. The van der Waals surface area contributed by atoms with Crippen molar-refractivity contribution >= 4 is 33.2 Å². The lowest BCUT2D eigenvalue weighted by Crippen LogP contribution is -2.52. The van der Waals surface area contributed by atoms with Gasteiger partial charge in [-0.05, 0) is 75.1 Å². The van der Waals surface area contributed by atoms with Crippen LogP contribution in [0.4, 0.5) is 5.69 Å². The minimum Gasteiger partial charge on any atom is -0.458 e. The molecule has 1 aromatic carbocycles. The predicted molar refractivity (Wildman–Crippen MR) is 150 cm³/mol. The van der Waals surface area contributed by atoms with Gasteiger partial charge in [0.15, 0.2) is 11.6 Å². The first kappa shape index (κ1) is 28.2. The van der Waals surface area contributed by atoms with Crippen LogP contribution in [0.25, 0.3) is 5.78 Å². The van der Waals surface area contributed by atoms with Crippen LogP contribution in [0.2, 0.25) is 0 Å². The topological polar surface area (TPSA) is 133 Å². The van der Waals surface area contributed by atoms with Gasteiger partial charge in [-0.15, -0.1) is 5.10 Å². The zero-order valence-corrected chi connectivity index (χ0v) is 24.4. The number of hydrogen-bond donors (Lipinski definition) is 1. The number of fused-ring (bicyclic) bond motifs is 1. The number of Topliss-reactive ketones (excluding diaryl/α,β-unsaturated/α-hetero) is 1. The lowest BCUT2D eigenvalue weighted by Gasteiger charge is -2.43. The Morgan fingerprint density at radius 3 is 2.55 bits per heavy atom. The Balaban J connectivity index is 1.35. The minimum atomic E-state index is -3.38. The zero-order valence-electron chi connectivity index (χ0n) is 23.6. The summed E-state index contributed by atoms with van der Waals surface area (Å²) < 4.78 is 34.0. The number of hydrogen-bond acceptors (Lipinski definition) is 8. The van der Waals surface area contributed by atoms with E-state index in [-0.39, 0.29) is 24.5 Å². The van der Waals surface area contributed by atoms with E-state index in [2.05, 4.69) is 19.8 Å². The molecule has 214 valence electrons. The number of nitrogens with zero attached hydrogens (tertiary/aromatic N) is 4. The van der Waals surface area contributed by atoms with Gasteiger partial charge in [0.05, 0.1) is 11.9 Å². The average Bonchev–Trinajstić information content (AvgIpc) is 3.55. The van der Waals surface area contributed by atoms with Gasteiger partial charge in [-0.3, -0.25) is 14.3 Å². The number of benzene rings is 1. The lowest BCUT2D eigenvalue weighted by atomic mass is 9.73. The molecule has 1 aliphatic heterocycles. The molecule has 0 amide bonds. The summed E-state index contributed by atoms with van der Waals surface area (Å²) in [6, 6.07) is 7.58. The monoisotopic (exact) mass is 567 g/mol. The SMILES string of the molecule is CCc1cc(CCC2(C3CCCC3)CC(=O)C(Cc3nc4nc(C)cc(C)n4n3)C(=O)O2)ccc1NS(C)(=O)=O. The summed E-state index contributed by atoms with van der Waals surface area (Å²) in [5, 5.41) is 4.49. The standard InChI is InChI=1S/C29H37N5O5S/c1-5-21-15-20(10-11-24(21)33-40(4,37)38)12-13-29(22-8-6-7-9-22)17-25(35)23(27(36)39-29)16-26-31-28-30-18(2)14-19(3)34(28)32-26/h10-11,14-15,22-23,33H,5-9,12-13,16-17H2,1-4H3. The maximum Gasteiger partial charge on any atom is 0.317 e. The first-order valence-electron chi connectivity index (χ1n) is 14.0. The molecule has 2 atom stereocenters. The molecule has 3 aromatic rings. The van der Waals surface area contributed by atoms with Crippen molar-refractivity contribution in [2.24, 2.45) is 11.8 Å². The third kappa shape index (κ3) is 5.89. The molecule has 2 unspecified atom stereocenters. The summed E-state index contributed by atoms with van der Waals surface area (Å²) in [5.41, 5.74) is 3.36. The number of nitrogens with one attached hydrogen (secondary N) is 1. The number of esters is 1. The minimum absolute atomic E-state index is 0.0922. The molecule has 40 heavy (non-hydrogen) atoms. The van der Waals surface area contributed by atoms with Crippen LogP contribution >= 0.6 is 0 Å². The number of aryl methyl sites for hydroxylation is 4. The van der Waals surface area contributed by atoms with E-state index in [1.54, 1.807) is 10.6 Å². The molecule has 1 N–H and O–H groups in total. The fraction of sp³-hybridized carbons (Fsp3) is 0.552. The molecule has 2 aromatic heterocycles. The lowest BCUT2D eigenvalue weighted by molar-refractivity contribution is -0.185. The van der Waals surface area contributed by atoms with E-state index in [9.17, 15) is 18.0 Å². The van der Waals surface area contributed by atoms with E-state index in [0.717, 1.165) is 54.5 Å². The Morgan fingerprint density at radius 1 is 1.12 bits per heavy atom. The fourth-order valence-corrected chi connectivity index (χ4v) is 6.90. The van der Waals surface area contributed by atoms with Crippen molar-refractivity contribution in [2.45, 2.75) is 84.2 Å². The van der Waals surface area contributed by atoms with Crippen LogP contribution in [0.1, 0.15) is 73.8 Å². The van der Waals surface area contributed by atoms with Gasteiger partial charge in [0, 0.05) is 24.2 Å². The van der Waals surface area contributed by atoms with Crippen molar-refractivity contribution in [1.29, 1.82) is 0 Å². The van der Waals surface area contributed by atoms with Gasteiger partial charge in [0.1, 0.15) is 11.5 Å². The normalized spacial score (nSPS) is 22.1. The summed E-state index contributed by atoms with van der Waals surface area (Å²) >= 11 is 0. The maximum absolute atomic E-state index is 13.6. The summed E-state index contributed by atoms with van der Waals surface area (Å²) in [5.74, 6) is -0.550. The number of carbonyl (C=O) groups is 2. The highest BCUT2D eigenvalue weighted by Crippen LogP contribution is 2.45. The Labute approximate surface area is 235 Å². The number of rotatable bonds is 9. The number of sulfonamides is 1. The van der Waals surface area contributed by atoms with Gasteiger partial charge in [-0.1, -0.05) is 31.9 Å². The van der Waals surface area contributed by atoms with Crippen LogP contribution in [-0.4, -0.2) is 51.6 Å². The van der Waals surface area contributed by atoms with Crippen LogP contribution < -0.4 is 4.72 Å². The molecule has 0 radical (unpaired) electrons. The number of carbonyl (C=O) groups excluding carboxylic acids is 2. The molecule has 11 heteroatoms.